The van der Waals surface area contributed by atoms with Crippen molar-refractivity contribution in [3.05, 3.63) is 64.7 Å². The van der Waals surface area contributed by atoms with Gasteiger partial charge in [-0.25, -0.2) is 12.7 Å². The van der Waals surface area contributed by atoms with Crippen LogP contribution in [-0.4, -0.2) is 44.0 Å². The molecule has 1 aliphatic rings. The second-order valence-electron chi connectivity index (χ2n) is 7.45. The summed E-state index contributed by atoms with van der Waals surface area (Å²) >= 11 is 7.54. The fourth-order valence-corrected chi connectivity index (χ4v) is 6.04. The molecule has 0 spiro atoms. The van der Waals surface area contributed by atoms with Crippen molar-refractivity contribution in [2.24, 2.45) is 5.92 Å². The van der Waals surface area contributed by atoms with Crippen molar-refractivity contribution in [3.8, 4) is 0 Å². The lowest BCUT2D eigenvalue weighted by Gasteiger charge is -2.30. The molecule has 0 saturated carbocycles. The first kappa shape index (κ1) is 23.1. The highest BCUT2D eigenvalue weighted by atomic mass is 35.5. The van der Waals surface area contributed by atoms with Crippen LogP contribution in [0.25, 0.3) is 0 Å². The van der Waals surface area contributed by atoms with Gasteiger partial charge in [-0.15, -0.1) is 11.8 Å². The summed E-state index contributed by atoms with van der Waals surface area (Å²) in [6, 6.07) is 15.2. The average molecular weight is 467 g/mol. The Bertz CT molecular complexity index is 957. The zero-order valence-corrected chi connectivity index (χ0v) is 19.4. The van der Waals surface area contributed by atoms with Crippen LogP contribution in [0, 0.1) is 12.8 Å². The Labute approximate surface area is 188 Å². The normalized spacial score (nSPS) is 15.8. The molecule has 0 aromatic heterocycles. The van der Waals surface area contributed by atoms with Gasteiger partial charge in [-0.05, 0) is 55.2 Å². The molecule has 5 nitrogen and oxygen atoms in total. The number of carbonyl (C=O) groups is 1. The first-order valence-electron chi connectivity index (χ1n) is 10.0. The molecule has 8 heteroatoms. The number of nitrogens with zero attached hydrogens (tertiary/aromatic N) is 1. The smallest absolute Gasteiger partial charge is 0.223 e. The van der Waals surface area contributed by atoms with E-state index in [2.05, 4.69) is 5.32 Å². The summed E-state index contributed by atoms with van der Waals surface area (Å²) in [4.78, 5) is 13.6. The van der Waals surface area contributed by atoms with Crippen molar-refractivity contribution in [1.29, 1.82) is 0 Å². The summed E-state index contributed by atoms with van der Waals surface area (Å²) in [6.07, 6.45) is 1.12. The molecular formula is C22H27ClN2O3S2. The molecule has 1 fully saturated rings. The first-order valence-corrected chi connectivity index (χ1v) is 13.0. The van der Waals surface area contributed by atoms with E-state index in [4.69, 9.17) is 11.6 Å². The number of aryl methyl sites for hydroxylation is 1. The lowest BCUT2D eigenvalue weighted by atomic mass is 9.97. The Kier molecular flexibility index (Phi) is 8.22. The fraction of sp³-hybridized carbons (Fsp3) is 0.409. The Balaban J connectivity index is 1.41. The summed E-state index contributed by atoms with van der Waals surface area (Å²) in [5, 5.41) is 3.69. The van der Waals surface area contributed by atoms with Gasteiger partial charge in [0.05, 0.1) is 5.75 Å². The van der Waals surface area contributed by atoms with E-state index in [0.717, 1.165) is 21.8 Å². The van der Waals surface area contributed by atoms with E-state index in [1.165, 1.54) is 4.31 Å². The maximum absolute atomic E-state index is 12.8. The third kappa shape index (κ3) is 6.48. The van der Waals surface area contributed by atoms with Crippen molar-refractivity contribution in [1.82, 2.24) is 9.62 Å². The van der Waals surface area contributed by atoms with E-state index in [1.54, 1.807) is 11.8 Å². The van der Waals surface area contributed by atoms with Gasteiger partial charge in [0.2, 0.25) is 15.9 Å². The zero-order chi connectivity index (χ0) is 21.6. The molecule has 30 heavy (non-hydrogen) atoms. The third-order valence-electron chi connectivity index (χ3n) is 5.30. The number of hydrogen-bond donors (Lipinski definition) is 1. The topological polar surface area (TPSA) is 66.5 Å². The van der Waals surface area contributed by atoms with Gasteiger partial charge in [0, 0.05) is 41.2 Å². The summed E-state index contributed by atoms with van der Waals surface area (Å²) in [5.41, 5.74) is 1.81. The molecule has 0 bridgehead atoms. The van der Waals surface area contributed by atoms with Gasteiger partial charge in [-0.2, -0.15) is 0 Å². The molecular weight excluding hydrogens is 440 g/mol. The number of thioether (sulfide) groups is 1. The molecule has 2 aromatic carbocycles. The van der Waals surface area contributed by atoms with Gasteiger partial charge in [0.15, 0.2) is 0 Å². The summed E-state index contributed by atoms with van der Waals surface area (Å²) in [6.45, 7) is 3.29. The fourth-order valence-electron chi connectivity index (χ4n) is 3.47. The first-order chi connectivity index (χ1) is 14.3. The zero-order valence-electron chi connectivity index (χ0n) is 17.0. The number of rotatable bonds is 8. The van der Waals surface area contributed by atoms with E-state index in [1.807, 2.05) is 55.5 Å². The molecule has 1 N–H and O–H groups in total. The quantitative estimate of drug-likeness (QED) is 0.470. The average Bonchev–Trinajstić information content (AvgIpc) is 2.74. The number of nitrogens with one attached hydrogen (secondary N) is 1. The van der Waals surface area contributed by atoms with E-state index in [9.17, 15) is 13.2 Å². The second-order valence-corrected chi connectivity index (χ2v) is 11.0. The van der Waals surface area contributed by atoms with Gasteiger partial charge in [0.1, 0.15) is 0 Å². The van der Waals surface area contributed by atoms with Crippen molar-refractivity contribution in [2.45, 2.75) is 30.4 Å². The lowest BCUT2D eigenvalue weighted by Crippen LogP contribution is -2.43. The number of benzene rings is 2. The molecule has 1 amide bonds. The van der Waals surface area contributed by atoms with E-state index in [-0.39, 0.29) is 17.6 Å². The monoisotopic (exact) mass is 466 g/mol. The van der Waals surface area contributed by atoms with Crippen molar-refractivity contribution in [2.75, 3.05) is 25.4 Å². The van der Waals surface area contributed by atoms with E-state index < -0.39 is 10.0 Å². The van der Waals surface area contributed by atoms with Crippen molar-refractivity contribution >= 4 is 39.3 Å². The standard InChI is InChI=1S/C22H27ClN2O3S2/c1-17-4-2-3-5-19(17)16-30(27,28)25-13-10-18(11-14-25)22(26)24-12-15-29-21-8-6-20(23)7-9-21/h2-9,18H,10-16H2,1H3,(H,24,26). The number of piperidine rings is 1. The molecule has 162 valence electrons. The van der Waals surface area contributed by atoms with Crippen LogP contribution in [0.5, 0.6) is 0 Å². The Morgan fingerprint density at radius 3 is 2.47 bits per heavy atom. The van der Waals surface area contributed by atoms with Crippen LogP contribution >= 0.6 is 23.4 Å². The van der Waals surface area contributed by atoms with Gasteiger partial charge < -0.3 is 5.32 Å². The van der Waals surface area contributed by atoms with Crippen LogP contribution in [0.3, 0.4) is 0 Å². The van der Waals surface area contributed by atoms with Gasteiger partial charge >= 0.3 is 0 Å². The van der Waals surface area contributed by atoms with Gasteiger partial charge in [-0.1, -0.05) is 35.9 Å². The summed E-state index contributed by atoms with van der Waals surface area (Å²) in [5.74, 6) is 0.674. The second kappa shape index (κ2) is 10.7. The minimum Gasteiger partial charge on any atom is -0.355 e. The van der Waals surface area contributed by atoms with Gasteiger partial charge in [-0.3, -0.25) is 4.79 Å². The number of carbonyl (C=O) groups excluding carboxylic acids is 1. The van der Waals surface area contributed by atoms with Crippen LogP contribution in [0.15, 0.2) is 53.4 Å². The minimum atomic E-state index is -3.37. The molecule has 0 unspecified atom stereocenters. The van der Waals surface area contributed by atoms with Crippen LogP contribution in [0.4, 0.5) is 0 Å². The van der Waals surface area contributed by atoms with Crippen LogP contribution in [0.2, 0.25) is 5.02 Å². The Morgan fingerprint density at radius 2 is 1.80 bits per heavy atom. The van der Waals surface area contributed by atoms with E-state index in [0.29, 0.717) is 37.5 Å². The maximum atomic E-state index is 12.8. The number of halogens is 1. The molecule has 1 saturated heterocycles. The predicted molar refractivity (Wildman–Crippen MR) is 123 cm³/mol. The highest BCUT2D eigenvalue weighted by Crippen LogP contribution is 2.23. The highest BCUT2D eigenvalue weighted by Gasteiger charge is 2.31. The molecule has 0 radical (unpaired) electrons. The molecule has 0 atom stereocenters. The molecule has 0 aliphatic carbocycles. The molecule has 2 aromatic rings. The largest absolute Gasteiger partial charge is 0.355 e. The Morgan fingerprint density at radius 1 is 1.13 bits per heavy atom. The van der Waals surface area contributed by atoms with Gasteiger partial charge in [0.25, 0.3) is 0 Å². The third-order valence-corrected chi connectivity index (χ3v) is 8.39. The predicted octanol–water partition coefficient (Wildman–Crippen LogP) is 4.10. The highest BCUT2D eigenvalue weighted by molar-refractivity contribution is 7.99. The Hall–Kier alpha value is -1.54. The van der Waals surface area contributed by atoms with Crippen LogP contribution in [0.1, 0.15) is 24.0 Å². The summed E-state index contributed by atoms with van der Waals surface area (Å²) in [7, 11) is -3.37. The van der Waals surface area contributed by atoms with E-state index >= 15 is 0 Å². The van der Waals surface area contributed by atoms with Crippen LogP contribution < -0.4 is 5.32 Å². The number of hydrogen-bond acceptors (Lipinski definition) is 4. The van der Waals surface area contributed by atoms with Crippen molar-refractivity contribution in [3.63, 3.8) is 0 Å². The maximum Gasteiger partial charge on any atom is 0.223 e. The molecule has 1 aliphatic heterocycles. The summed E-state index contributed by atoms with van der Waals surface area (Å²) < 4.78 is 27.1. The number of amides is 1. The SMILES string of the molecule is Cc1ccccc1CS(=O)(=O)N1CCC(C(=O)NCCSc2ccc(Cl)cc2)CC1. The van der Waals surface area contributed by atoms with Crippen molar-refractivity contribution < 1.29 is 13.2 Å². The number of sulfonamides is 1. The van der Waals surface area contributed by atoms with Crippen LogP contribution in [-0.2, 0) is 20.6 Å². The minimum absolute atomic E-state index is 0.0124. The lowest BCUT2D eigenvalue weighted by molar-refractivity contribution is -0.125. The molecule has 1 heterocycles. The molecule has 3 rings (SSSR count).